The van der Waals surface area contributed by atoms with Crippen molar-refractivity contribution in [2.45, 2.75) is 32.7 Å². The molecular formula is C17H23FIN5. The number of aryl methyl sites for hydroxylation is 1. The summed E-state index contributed by atoms with van der Waals surface area (Å²) in [6.45, 7) is 3.08. The van der Waals surface area contributed by atoms with Gasteiger partial charge in [0.25, 0.3) is 0 Å². The van der Waals surface area contributed by atoms with E-state index in [9.17, 15) is 4.39 Å². The molecule has 1 aliphatic rings. The molecule has 2 aromatic rings. The summed E-state index contributed by atoms with van der Waals surface area (Å²) in [4.78, 5) is 8.39. The molecule has 1 aromatic carbocycles. The molecule has 1 saturated carbocycles. The average Bonchev–Trinajstić information content (AvgIpc) is 2.89. The van der Waals surface area contributed by atoms with Gasteiger partial charge in [-0.15, -0.1) is 24.0 Å². The lowest BCUT2D eigenvalue weighted by Crippen LogP contribution is -2.37. The number of hydrogen-bond acceptors (Lipinski definition) is 2. The highest BCUT2D eigenvalue weighted by atomic mass is 127. The van der Waals surface area contributed by atoms with E-state index in [2.05, 4.69) is 15.3 Å². The summed E-state index contributed by atoms with van der Waals surface area (Å²) < 4.78 is 16.0. The van der Waals surface area contributed by atoms with Crippen molar-refractivity contribution in [2.24, 2.45) is 16.6 Å². The van der Waals surface area contributed by atoms with Crippen molar-refractivity contribution in [3.8, 4) is 5.69 Å². The first-order chi connectivity index (χ1) is 11.1. The number of halogens is 2. The molecule has 0 amide bonds. The molecule has 7 heteroatoms. The number of rotatable bonds is 5. The first-order valence-electron chi connectivity index (χ1n) is 7.96. The number of nitrogens with one attached hydrogen (secondary N) is 1. The second-order valence-electron chi connectivity index (χ2n) is 6.01. The molecular weight excluding hydrogens is 420 g/mol. The summed E-state index contributed by atoms with van der Waals surface area (Å²) in [5.41, 5.74) is 7.13. The van der Waals surface area contributed by atoms with Crippen LogP contribution in [-0.4, -0.2) is 22.1 Å². The predicted molar refractivity (Wildman–Crippen MR) is 104 cm³/mol. The standard InChI is InChI=1S/C17H22FN5.HI/c1-12-20-7-8-23(12)16-6-5-14(9-15(16)18)11-22-17(19)21-10-13-3-2-4-13;/h5-9,13H,2-4,10-11H2,1H3,(H3,19,21,22);1H. The Morgan fingerprint density at radius 2 is 2.25 bits per heavy atom. The summed E-state index contributed by atoms with van der Waals surface area (Å²) >= 11 is 0. The van der Waals surface area contributed by atoms with Crippen LogP contribution < -0.4 is 11.1 Å². The molecule has 130 valence electrons. The Morgan fingerprint density at radius 3 is 2.83 bits per heavy atom. The fraction of sp³-hybridized carbons (Fsp3) is 0.412. The van der Waals surface area contributed by atoms with E-state index in [1.807, 2.05) is 13.0 Å². The number of nitrogens with zero attached hydrogens (tertiary/aromatic N) is 3. The number of benzene rings is 1. The van der Waals surface area contributed by atoms with Gasteiger partial charge in [0.1, 0.15) is 11.6 Å². The normalized spacial score (nSPS) is 14.8. The monoisotopic (exact) mass is 443 g/mol. The average molecular weight is 443 g/mol. The molecule has 0 spiro atoms. The van der Waals surface area contributed by atoms with Crippen LogP contribution in [0.4, 0.5) is 4.39 Å². The molecule has 1 fully saturated rings. The number of guanidine groups is 1. The van der Waals surface area contributed by atoms with Gasteiger partial charge in [0, 0.05) is 18.9 Å². The fourth-order valence-corrected chi connectivity index (χ4v) is 2.65. The van der Waals surface area contributed by atoms with Crippen LogP contribution in [0.3, 0.4) is 0 Å². The number of aromatic nitrogens is 2. The summed E-state index contributed by atoms with van der Waals surface area (Å²) in [5, 5.41) is 3.13. The van der Waals surface area contributed by atoms with Gasteiger partial charge < -0.3 is 15.6 Å². The van der Waals surface area contributed by atoms with Gasteiger partial charge in [0.2, 0.25) is 0 Å². The van der Waals surface area contributed by atoms with Crippen LogP contribution in [0.5, 0.6) is 0 Å². The predicted octanol–water partition coefficient (Wildman–Crippen LogP) is 3.14. The van der Waals surface area contributed by atoms with E-state index < -0.39 is 0 Å². The molecule has 0 aliphatic heterocycles. The second-order valence-corrected chi connectivity index (χ2v) is 6.01. The van der Waals surface area contributed by atoms with Gasteiger partial charge >= 0.3 is 0 Å². The molecule has 1 aliphatic carbocycles. The maximum Gasteiger partial charge on any atom is 0.188 e. The molecule has 0 radical (unpaired) electrons. The molecule has 5 nitrogen and oxygen atoms in total. The lowest BCUT2D eigenvalue weighted by atomic mass is 9.85. The van der Waals surface area contributed by atoms with Crippen molar-refractivity contribution in [1.82, 2.24) is 14.9 Å². The van der Waals surface area contributed by atoms with Gasteiger partial charge in [0.05, 0.1) is 12.2 Å². The second kappa shape index (κ2) is 8.46. The zero-order valence-electron chi connectivity index (χ0n) is 13.7. The lowest BCUT2D eigenvalue weighted by molar-refractivity contribution is 0.315. The molecule has 0 unspecified atom stereocenters. The van der Waals surface area contributed by atoms with E-state index in [0.29, 0.717) is 18.2 Å². The summed E-state index contributed by atoms with van der Waals surface area (Å²) in [6, 6.07) is 5.10. The first kappa shape index (κ1) is 18.7. The molecule has 3 rings (SSSR count). The smallest absolute Gasteiger partial charge is 0.188 e. The summed E-state index contributed by atoms with van der Waals surface area (Å²) in [7, 11) is 0. The van der Waals surface area contributed by atoms with E-state index >= 15 is 0 Å². The number of aliphatic imine (C=N–C) groups is 1. The van der Waals surface area contributed by atoms with Crippen LogP contribution in [0.1, 0.15) is 30.7 Å². The Hall–Kier alpha value is -1.64. The molecule has 0 saturated heterocycles. The zero-order valence-corrected chi connectivity index (χ0v) is 16.0. The van der Waals surface area contributed by atoms with Gasteiger partial charge in [-0.05, 0) is 43.4 Å². The van der Waals surface area contributed by atoms with Gasteiger partial charge in [-0.1, -0.05) is 12.5 Å². The quantitative estimate of drug-likeness (QED) is 0.424. The molecule has 0 atom stereocenters. The van der Waals surface area contributed by atoms with Crippen LogP contribution in [0.15, 0.2) is 35.6 Å². The molecule has 1 heterocycles. The highest BCUT2D eigenvalue weighted by Crippen LogP contribution is 2.25. The lowest BCUT2D eigenvalue weighted by Gasteiger charge is -2.25. The van der Waals surface area contributed by atoms with Gasteiger partial charge in [-0.3, -0.25) is 0 Å². The zero-order chi connectivity index (χ0) is 16.2. The van der Waals surface area contributed by atoms with Crippen molar-refractivity contribution in [2.75, 3.05) is 6.54 Å². The van der Waals surface area contributed by atoms with Gasteiger partial charge in [-0.25, -0.2) is 14.4 Å². The van der Waals surface area contributed by atoms with Crippen molar-refractivity contribution in [1.29, 1.82) is 0 Å². The van der Waals surface area contributed by atoms with Crippen LogP contribution in [0.25, 0.3) is 5.69 Å². The van der Waals surface area contributed by atoms with E-state index in [4.69, 9.17) is 5.73 Å². The van der Waals surface area contributed by atoms with Crippen molar-refractivity contribution in [3.05, 3.63) is 47.8 Å². The van der Waals surface area contributed by atoms with Crippen LogP contribution in [0, 0.1) is 18.7 Å². The Morgan fingerprint density at radius 1 is 1.46 bits per heavy atom. The summed E-state index contributed by atoms with van der Waals surface area (Å²) in [6.07, 6.45) is 7.24. The third-order valence-electron chi connectivity index (χ3n) is 4.33. The highest BCUT2D eigenvalue weighted by Gasteiger charge is 2.16. The Labute approximate surface area is 158 Å². The minimum Gasteiger partial charge on any atom is -0.370 e. The third kappa shape index (κ3) is 4.46. The molecule has 24 heavy (non-hydrogen) atoms. The van der Waals surface area contributed by atoms with Crippen LogP contribution in [0.2, 0.25) is 0 Å². The van der Waals surface area contributed by atoms with Gasteiger partial charge in [0.15, 0.2) is 5.96 Å². The molecule has 1 aromatic heterocycles. The van der Waals surface area contributed by atoms with E-state index in [1.165, 1.54) is 25.3 Å². The maximum atomic E-state index is 14.3. The Balaban J connectivity index is 0.00000208. The number of hydrogen-bond donors (Lipinski definition) is 2. The van der Waals surface area contributed by atoms with Crippen molar-refractivity contribution in [3.63, 3.8) is 0 Å². The van der Waals surface area contributed by atoms with E-state index in [1.54, 1.807) is 23.0 Å². The van der Waals surface area contributed by atoms with Crippen LogP contribution >= 0.6 is 24.0 Å². The SMILES string of the molecule is Cc1nccn1-c1ccc(CN=C(N)NCC2CCC2)cc1F.I. The largest absolute Gasteiger partial charge is 0.370 e. The minimum atomic E-state index is -0.292. The Kier molecular flexibility index (Phi) is 6.59. The molecule has 3 N–H and O–H groups in total. The van der Waals surface area contributed by atoms with Crippen LogP contribution in [-0.2, 0) is 6.54 Å². The van der Waals surface area contributed by atoms with Crippen molar-refractivity contribution >= 4 is 29.9 Å². The Bertz CT molecular complexity index is 709. The van der Waals surface area contributed by atoms with E-state index in [0.717, 1.165) is 23.9 Å². The van der Waals surface area contributed by atoms with E-state index in [-0.39, 0.29) is 29.8 Å². The number of imidazole rings is 1. The summed E-state index contributed by atoms with van der Waals surface area (Å²) in [5.74, 6) is 1.60. The number of nitrogens with two attached hydrogens (primary N) is 1. The molecule has 0 bridgehead atoms. The van der Waals surface area contributed by atoms with Crippen molar-refractivity contribution < 1.29 is 4.39 Å². The first-order valence-corrected chi connectivity index (χ1v) is 7.96. The minimum absolute atomic E-state index is 0. The highest BCUT2D eigenvalue weighted by molar-refractivity contribution is 14.0. The maximum absolute atomic E-state index is 14.3. The topological polar surface area (TPSA) is 68.2 Å². The third-order valence-corrected chi connectivity index (χ3v) is 4.33. The van der Waals surface area contributed by atoms with Gasteiger partial charge in [-0.2, -0.15) is 0 Å². The fourth-order valence-electron chi connectivity index (χ4n) is 2.65.